The van der Waals surface area contributed by atoms with Crippen LogP contribution < -0.4 is 20.1 Å². The average molecular weight is 501 g/mol. The SMILES string of the molecule is CCC(C)NCCC(=O)Nc1sc2c(c1-c1nc3cc4c(cc3s1)OCO4)CCN(C(C)C)C2. The van der Waals surface area contributed by atoms with E-state index >= 15 is 0 Å². The van der Waals surface area contributed by atoms with E-state index in [1.54, 1.807) is 22.7 Å². The lowest BCUT2D eigenvalue weighted by molar-refractivity contribution is -0.116. The van der Waals surface area contributed by atoms with Gasteiger partial charge in [0.2, 0.25) is 12.7 Å². The molecule has 2 aliphatic heterocycles. The standard InChI is InChI=1S/C25H32N4O3S2/c1-5-15(4)26-8-6-22(30)28-25-23(16-7-9-29(14(2)3)12-21(16)34-25)24-27-17-10-18-19(32-13-31-18)11-20(17)33-24/h10-11,14-15,26H,5-9,12-13H2,1-4H3,(H,28,30). The van der Waals surface area contributed by atoms with Crippen LogP contribution in [0.25, 0.3) is 20.8 Å². The van der Waals surface area contributed by atoms with Gasteiger partial charge in [-0.05, 0) is 39.2 Å². The molecule has 3 aromatic rings. The van der Waals surface area contributed by atoms with E-state index < -0.39 is 0 Å². The summed E-state index contributed by atoms with van der Waals surface area (Å²) in [6.07, 6.45) is 2.46. The van der Waals surface area contributed by atoms with Crippen LogP contribution in [0, 0.1) is 0 Å². The average Bonchev–Trinajstić information content (AvgIpc) is 3.51. The molecule has 1 atom stereocenters. The third-order valence-corrected chi connectivity index (χ3v) is 8.79. The minimum absolute atomic E-state index is 0.0400. The van der Waals surface area contributed by atoms with E-state index in [2.05, 4.69) is 43.2 Å². The van der Waals surface area contributed by atoms with Gasteiger partial charge in [0, 0.05) is 60.7 Å². The van der Waals surface area contributed by atoms with Crippen LogP contribution >= 0.6 is 22.7 Å². The van der Waals surface area contributed by atoms with Crippen molar-refractivity contribution < 1.29 is 14.3 Å². The van der Waals surface area contributed by atoms with E-state index in [1.165, 1.54) is 10.4 Å². The summed E-state index contributed by atoms with van der Waals surface area (Å²) in [6.45, 7) is 11.6. The molecule has 182 valence electrons. The van der Waals surface area contributed by atoms with Crippen LogP contribution in [0.15, 0.2) is 12.1 Å². The highest BCUT2D eigenvalue weighted by Gasteiger charge is 2.29. The van der Waals surface area contributed by atoms with Gasteiger partial charge in [0.1, 0.15) is 10.0 Å². The maximum Gasteiger partial charge on any atom is 0.231 e. The molecule has 1 unspecified atom stereocenters. The molecule has 0 radical (unpaired) electrons. The number of carbonyl (C=O) groups excluding carboxylic acids is 1. The molecule has 2 N–H and O–H groups in total. The summed E-state index contributed by atoms with van der Waals surface area (Å²) >= 11 is 3.36. The molecular formula is C25H32N4O3S2. The van der Waals surface area contributed by atoms with Gasteiger partial charge in [-0.2, -0.15) is 0 Å². The summed E-state index contributed by atoms with van der Waals surface area (Å²) in [5, 5.41) is 8.50. The highest BCUT2D eigenvalue weighted by Crippen LogP contribution is 2.47. The third-order valence-electron chi connectivity index (χ3n) is 6.62. The van der Waals surface area contributed by atoms with Gasteiger partial charge >= 0.3 is 0 Å². The molecule has 4 heterocycles. The second-order valence-electron chi connectivity index (χ2n) is 9.28. The number of nitrogens with one attached hydrogen (secondary N) is 2. The Hall–Kier alpha value is -2.20. The Bertz CT molecular complexity index is 1160. The van der Waals surface area contributed by atoms with Crippen LogP contribution in [0.5, 0.6) is 11.5 Å². The Kier molecular flexibility index (Phi) is 6.79. The summed E-state index contributed by atoms with van der Waals surface area (Å²) < 4.78 is 12.2. The number of hydrogen-bond acceptors (Lipinski definition) is 8. The zero-order valence-electron chi connectivity index (χ0n) is 20.2. The van der Waals surface area contributed by atoms with E-state index in [0.29, 0.717) is 25.0 Å². The molecule has 0 aliphatic carbocycles. The van der Waals surface area contributed by atoms with Gasteiger partial charge < -0.3 is 20.1 Å². The summed E-state index contributed by atoms with van der Waals surface area (Å²) in [4.78, 5) is 21.6. The van der Waals surface area contributed by atoms with Gasteiger partial charge in [0.25, 0.3) is 0 Å². The van der Waals surface area contributed by atoms with Gasteiger partial charge in [-0.3, -0.25) is 9.69 Å². The molecule has 1 amide bonds. The van der Waals surface area contributed by atoms with Gasteiger partial charge in [-0.15, -0.1) is 22.7 Å². The number of fused-ring (bicyclic) bond motifs is 3. The zero-order valence-corrected chi connectivity index (χ0v) is 21.8. The van der Waals surface area contributed by atoms with Gasteiger partial charge in [-0.1, -0.05) is 6.92 Å². The molecule has 2 aliphatic rings. The Morgan fingerprint density at radius 3 is 2.76 bits per heavy atom. The monoisotopic (exact) mass is 500 g/mol. The van der Waals surface area contributed by atoms with Crippen LogP contribution in [0.2, 0.25) is 0 Å². The topological polar surface area (TPSA) is 75.7 Å². The van der Waals surface area contributed by atoms with Crippen molar-refractivity contribution in [3.8, 4) is 22.1 Å². The number of nitrogens with zero attached hydrogens (tertiary/aromatic N) is 2. The molecule has 9 heteroatoms. The first-order valence-corrected chi connectivity index (χ1v) is 13.7. The largest absolute Gasteiger partial charge is 0.454 e. The highest BCUT2D eigenvalue weighted by molar-refractivity contribution is 7.23. The molecule has 2 aromatic heterocycles. The summed E-state index contributed by atoms with van der Waals surface area (Å²) in [5.74, 6) is 1.55. The number of ether oxygens (including phenoxy) is 2. The normalized spacial score (nSPS) is 16.3. The van der Waals surface area contributed by atoms with Gasteiger partial charge in [0.05, 0.1) is 10.2 Å². The van der Waals surface area contributed by atoms with E-state index in [9.17, 15) is 4.79 Å². The number of anilines is 1. The van der Waals surface area contributed by atoms with Gasteiger partial charge in [0.15, 0.2) is 11.5 Å². The fraction of sp³-hybridized carbons (Fsp3) is 0.520. The Morgan fingerprint density at radius 2 is 2.00 bits per heavy atom. The van der Waals surface area contributed by atoms with Crippen LogP contribution in [0.4, 0.5) is 5.00 Å². The first kappa shape index (κ1) is 23.5. The maximum atomic E-state index is 12.9. The molecule has 5 rings (SSSR count). The molecule has 0 spiro atoms. The minimum Gasteiger partial charge on any atom is -0.454 e. The molecular weight excluding hydrogens is 468 g/mol. The van der Waals surface area contributed by atoms with E-state index in [0.717, 1.165) is 63.2 Å². The third kappa shape index (κ3) is 4.66. The molecule has 0 saturated carbocycles. The van der Waals surface area contributed by atoms with Crippen molar-refractivity contribution in [1.29, 1.82) is 0 Å². The predicted octanol–water partition coefficient (Wildman–Crippen LogP) is 5.24. The van der Waals surface area contributed by atoms with Crippen LogP contribution in [-0.4, -0.2) is 47.8 Å². The Labute approximate surface area is 208 Å². The number of thiazole rings is 1. The second kappa shape index (κ2) is 9.81. The molecule has 0 bridgehead atoms. The second-order valence-corrected chi connectivity index (χ2v) is 11.4. The van der Waals surface area contributed by atoms with E-state index in [4.69, 9.17) is 14.5 Å². The van der Waals surface area contributed by atoms with Crippen LogP contribution in [0.3, 0.4) is 0 Å². The first-order chi connectivity index (χ1) is 16.4. The lowest BCUT2D eigenvalue weighted by Crippen LogP contribution is -2.35. The minimum atomic E-state index is 0.0400. The molecule has 0 fully saturated rings. The summed E-state index contributed by atoms with van der Waals surface area (Å²) in [6, 6.07) is 4.87. The predicted molar refractivity (Wildman–Crippen MR) is 139 cm³/mol. The lowest BCUT2D eigenvalue weighted by Gasteiger charge is -2.30. The Morgan fingerprint density at radius 1 is 1.21 bits per heavy atom. The summed E-state index contributed by atoms with van der Waals surface area (Å²) in [5.41, 5.74) is 3.32. The molecule has 34 heavy (non-hydrogen) atoms. The molecule has 0 saturated heterocycles. The van der Waals surface area contributed by atoms with Crippen molar-refractivity contribution in [2.45, 2.75) is 65.6 Å². The first-order valence-electron chi connectivity index (χ1n) is 12.0. The highest BCUT2D eigenvalue weighted by atomic mass is 32.1. The Balaban J connectivity index is 1.46. The van der Waals surface area contributed by atoms with Crippen molar-refractivity contribution in [1.82, 2.24) is 15.2 Å². The van der Waals surface area contributed by atoms with Gasteiger partial charge in [-0.25, -0.2) is 4.98 Å². The van der Waals surface area contributed by atoms with Crippen LogP contribution in [0.1, 0.15) is 51.0 Å². The lowest BCUT2D eigenvalue weighted by atomic mass is 10.0. The van der Waals surface area contributed by atoms with Crippen molar-refractivity contribution in [3.05, 3.63) is 22.6 Å². The molecule has 7 nitrogen and oxygen atoms in total. The number of rotatable bonds is 8. The number of benzene rings is 1. The smallest absolute Gasteiger partial charge is 0.231 e. The number of thiophene rings is 1. The molecule has 1 aromatic carbocycles. The number of carbonyl (C=O) groups is 1. The van der Waals surface area contributed by atoms with Crippen molar-refractivity contribution in [3.63, 3.8) is 0 Å². The number of amides is 1. The fourth-order valence-corrected chi connectivity index (χ4v) is 6.78. The maximum absolute atomic E-state index is 12.9. The fourth-order valence-electron chi connectivity index (χ4n) is 4.37. The quantitative estimate of drug-likeness (QED) is 0.441. The van der Waals surface area contributed by atoms with Crippen LogP contribution in [-0.2, 0) is 17.8 Å². The van der Waals surface area contributed by atoms with Crippen molar-refractivity contribution in [2.24, 2.45) is 0 Å². The number of aromatic nitrogens is 1. The zero-order chi connectivity index (χ0) is 23.8. The number of hydrogen-bond donors (Lipinski definition) is 2. The summed E-state index contributed by atoms with van der Waals surface area (Å²) in [7, 11) is 0. The van der Waals surface area contributed by atoms with E-state index in [1.807, 2.05) is 12.1 Å². The van der Waals surface area contributed by atoms with Crippen molar-refractivity contribution in [2.75, 3.05) is 25.2 Å². The van der Waals surface area contributed by atoms with Crippen molar-refractivity contribution >= 4 is 43.8 Å². The van der Waals surface area contributed by atoms with E-state index in [-0.39, 0.29) is 12.7 Å².